The number of furan rings is 1. The summed E-state index contributed by atoms with van der Waals surface area (Å²) in [5, 5.41) is 3.93. The molecule has 0 saturated heterocycles. The first-order chi connectivity index (χ1) is 15.5. The number of aryl methyl sites for hydroxylation is 2. The van der Waals surface area contributed by atoms with Crippen LogP contribution >= 0.6 is 0 Å². The minimum absolute atomic E-state index is 0.124. The molecule has 4 aromatic rings. The van der Waals surface area contributed by atoms with E-state index in [1.165, 1.54) is 5.56 Å². The quantitative estimate of drug-likeness (QED) is 0.308. The average Bonchev–Trinajstić information content (AvgIpc) is 3.46. The second-order valence-electron chi connectivity index (χ2n) is 7.84. The van der Waals surface area contributed by atoms with Gasteiger partial charge in [0, 0.05) is 54.1 Å². The van der Waals surface area contributed by atoms with Gasteiger partial charge in [-0.3, -0.25) is 4.79 Å². The van der Waals surface area contributed by atoms with E-state index >= 15 is 0 Å². The van der Waals surface area contributed by atoms with Crippen LogP contribution in [0.1, 0.15) is 24.5 Å². The molecule has 6 nitrogen and oxygen atoms in total. The molecule has 0 unspecified atom stereocenters. The van der Waals surface area contributed by atoms with Gasteiger partial charge in [0.1, 0.15) is 11.3 Å². The number of imidazole rings is 1. The summed E-state index contributed by atoms with van der Waals surface area (Å²) < 4.78 is 13.4. The van der Waals surface area contributed by atoms with Gasteiger partial charge in [0.2, 0.25) is 5.91 Å². The minimum atomic E-state index is -0.124. The highest BCUT2D eigenvalue weighted by atomic mass is 16.5. The Labute approximate surface area is 187 Å². The van der Waals surface area contributed by atoms with E-state index in [-0.39, 0.29) is 5.91 Å². The fraction of sp³-hybridized carbons (Fsp3) is 0.231. The number of allylic oxidation sites excluding steroid dienone is 1. The van der Waals surface area contributed by atoms with Crippen molar-refractivity contribution >= 4 is 22.4 Å². The van der Waals surface area contributed by atoms with Gasteiger partial charge in [0.15, 0.2) is 0 Å². The standard InChI is InChI=1S/C26H27N3O3/c1-18-5-7-20(8-6-18)23-16-32-25-15-24(31-3)21(14-22(23)25)19(2)13-26(30)28-9-4-11-29-12-10-27-17-29/h5-8,10,12-17H,4,9,11H2,1-3H3,(H,28,30)/b19-13+. The Kier molecular flexibility index (Phi) is 6.40. The fourth-order valence-electron chi connectivity index (χ4n) is 3.71. The average molecular weight is 430 g/mol. The molecule has 0 spiro atoms. The molecule has 0 radical (unpaired) electrons. The number of carbonyl (C=O) groups excluding carboxylic acids is 1. The van der Waals surface area contributed by atoms with Crippen molar-refractivity contribution in [1.29, 1.82) is 0 Å². The van der Waals surface area contributed by atoms with Gasteiger partial charge >= 0.3 is 0 Å². The normalized spacial score (nSPS) is 11.7. The zero-order valence-corrected chi connectivity index (χ0v) is 18.6. The van der Waals surface area contributed by atoms with Crippen molar-refractivity contribution in [2.24, 2.45) is 0 Å². The van der Waals surface area contributed by atoms with Crippen LogP contribution in [0.3, 0.4) is 0 Å². The molecule has 4 rings (SSSR count). The summed E-state index contributed by atoms with van der Waals surface area (Å²) in [7, 11) is 1.62. The van der Waals surface area contributed by atoms with E-state index in [1.54, 1.807) is 32.0 Å². The Morgan fingerprint density at radius 1 is 1.25 bits per heavy atom. The number of hydrogen-bond acceptors (Lipinski definition) is 4. The molecule has 164 valence electrons. The first-order valence-corrected chi connectivity index (χ1v) is 10.6. The molecule has 0 fully saturated rings. The number of nitrogens with zero attached hydrogens (tertiary/aromatic N) is 2. The molecule has 6 heteroatoms. The maximum absolute atomic E-state index is 12.5. The smallest absolute Gasteiger partial charge is 0.244 e. The number of ether oxygens (including phenoxy) is 1. The lowest BCUT2D eigenvalue weighted by atomic mass is 9.99. The van der Waals surface area contributed by atoms with Crippen LogP contribution in [0.15, 0.2) is 71.9 Å². The summed E-state index contributed by atoms with van der Waals surface area (Å²) in [4.78, 5) is 16.5. The van der Waals surface area contributed by atoms with Gasteiger partial charge < -0.3 is 19.0 Å². The predicted molar refractivity (Wildman–Crippen MR) is 126 cm³/mol. The number of amides is 1. The minimum Gasteiger partial charge on any atom is -0.496 e. The zero-order chi connectivity index (χ0) is 22.5. The van der Waals surface area contributed by atoms with Crippen LogP contribution in [0, 0.1) is 6.92 Å². The highest BCUT2D eigenvalue weighted by molar-refractivity contribution is 6.00. The lowest BCUT2D eigenvalue weighted by molar-refractivity contribution is -0.116. The van der Waals surface area contributed by atoms with E-state index in [1.807, 2.05) is 29.8 Å². The van der Waals surface area contributed by atoms with Crippen molar-refractivity contribution in [3.63, 3.8) is 0 Å². The number of carbonyl (C=O) groups is 1. The Hall–Kier alpha value is -3.80. The van der Waals surface area contributed by atoms with Crippen molar-refractivity contribution in [3.8, 4) is 16.9 Å². The molecular formula is C26H27N3O3. The fourth-order valence-corrected chi connectivity index (χ4v) is 3.71. The molecule has 0 aliphatic carbocycles. The molecule has 1 N–H and O–H groups in total. The summed E-state index contributed by atoms with van der Waals surface area (Å²) in [6.45, 7) is 5.39. The van der Waals surface area contributed by atoms with Crippen LogP contribution in [0.2, 0.25) is 0 Å². The van der Waals surface area contributed by atoms with Crippen molar-refractivity contribution in [3.05, 3.63) is 78.6 Å². The summed E-state index contributed by atoms with van der Waals surface area (Å²) in [5.74, 6) is 0.546. The first-order valence-electron chi connectivity index (χ1n) is 10.6. The van der Waals surface area contributed by atoms with Crippen LogP contribution in [0.5, 0.6) is 5.75 Å². The molecular weight excluding hydrogens is 402 g/mol. The molecule has 0 bridgehead atoms. The molecule has 32 heavy (non-hydrogen) atoms. The van der Waals surface area contributed by atoms with Crippen LogP contribution in [0.4, 0.5) is 0 Å². The van der Waals surface area contributed by atoms with E-state index in [0.29, 0.717) is 12.3 Å². The molecule has 2 aromatic carbocycles. The highest BCUT2D eigenvalue weighted by Crippen LogP contribution is 2.37. The Bertz CT molecular complexity index is 1240. The van der Waals surface area contributed by atoms with Gasteiger partial charge in [0.25, 0.3) is 0 Å². The van der Waals surface area contributed by atoms with E-state index in [2.05, 4.69) is 41.5 Å². The van der Waals surface area contributed by atoms with Crippen LogP contribution in [-0.4, -0.2) is 29.1 Å². The van der Waals surface area contributed by atoms with Crippen molar-refractivity contribution in [2.75, 3.05) is 13.7 Å². The molecule has 0 atom stereocenters. The van der Waals surface area contributed by atoms with Crippen LogP contribution in [-0.2, 0) is 11.3 Å². The number of aromatic nitrogens is 2. The molecule has 0 saturated carbocycles. The lowest BCUT2D eigenvalue weighted by Crippen LogP contribution is -2.23. The number of benzene rings is 2. The lowest BCUT2D eigenvalue weighted by Gasteiger charge is -2.10. The third kappa shape index (κ3) is 4.75. The van der Waals surface area contributed by atoms with Gasteiger partial charge in [-0.2, -0.15) is 0 Å². The molecule has 2 heterocycles. The Morgan fingerprint density at radius 2 is 2.06 bits per heavy atom. The second-order valence-corrected chi connectivity index (χ2v) is 7.84. The van der Waals surface area contributed by atoms with Gasteiger partial charge in [0.05, 0.1) is 19.7 Å². The van der Waals surface area contributed by atoms with Gasteiger partial charge in [-0.05, 0) is 37.5 Å². The van der Waals surface area contributed by atoms with Gasteiger partial charge in [-0.25, -0.2) is 4.98 Å². The molecule has 1 amide bonds. The number of nitrogens with one attached hydrogen (secondary N) is 1. The monoisotopic (exact) mass is 429 g/mol. The largest absolute Gasteiger partial charge is 0.496 e. The number of rotatable bonds is 8. The Balaban J connectivity index is 1.54. The first kappa shape index (κ1) is 21.4. The number of methoxy groups -OCH3 is 1. The summed E-state index contributed by atoms with van der Waals surface area (Å²) in [6, 6.07) is 12.3. The van der Waals surface area contributed by atoms with Crippen LogP contribution in [0.25, 0.3) is 27.7 Å². The highest BCUT2D eigenvalue weighted by Gasteiger charge is 2.15. The predicted octanol–water partition coefficient (Wildman–Crippen LogP) is 5.22. The molecule has 0 aliphatic heterocycles. The number of fused-ring (bicyclic) bond motifs is 1. The maximum Gasteiger partial charge on any atom is 0.244 e. The molecule has 0 aliphatic rings. The SMILES string of the molecule is COc1cc2occ(-c3ccc(C)cc3)c2cc1/C(C)=C/C(=O)NCCCn1ccnc1. The summed E-state index contributed by atoms with van der Waals surface area (Å²) >= 11 is 0. The van der Waals surface area contributed by atoms with Crippen molar-refractivity contribution in [1.82, 2.24) is 14.9 Å². The zero-order valence-electron chi connectivity index (χ0n) is 18.6. The Morgan fingerprint density at radius 3 is 2.78 bits per heavy atom. The van der Waals surface area contributed by atoms with E-state index in [4.69, 9.17) is 9.15 Å². The van der Waals surface area contributed by atoms with E-state index < -0.39 is 0 Å². The van der Waals surface area contributed by atoms with Crippen LogP contribution < -0.4 is 10.1 Å². The summed E-state index contributed by atoms with van der Waals surface area (Å²) in [5.41, 5.74) is 5.75. The third-order valence-corrected chi connectivity index (χ3v) is 5.48. The van der Waals surface area contributed by atoms with Gasteiger partial charge in [-0.1, -0.05) is 29.8 Å². The molecule has 2 aromatic heterocycles. The third-order valence-electron chi connectivity index (χ3n) is 5.48. The van der Waals surface area contributed by atoms with Gasteiger partial charge in [-0.15, -0.1) is 0 Å². The second kappa shape index (κ2) is 9.56. The number of hydrogen-bond donors (Lipinski definition) is 1. The topological polar surface area (TPSA) is 69.3 Å². The van der Waals surface area contributed by atoms with Crippen molar-refractivity contribution in [2.45, 2.75) is 26.8 Å². The maximum atomic E-state index is 12.5. The van der Waals surface area contributed by atoms with E-state index in [0.717, 1.165) is 46.2 Å². The van der Waals surface area contributed by atoms with E-state index in [9.17, 15) is 4.79 Å². The summed E-state index contributed by atoms with van der Waals surface area (Å²) in [6.07, 6.45) is 9.65. The van der Waals surface area contributed by atoms with Crippen molar-refractivity contribution < 1.29 is 13.9 Å².